The summed E-state index contributed by atoms with van der Waals surface area (Å²) in [6.45, 7) is 11.5. The van der Waals surface area contributed by atoms with Gasteiger partial charge >= 0.3 is 0 Å². The van der Waals surface area contributed by atoms with E-state index in [9.17, 15) is 0 Å². The number of ether oxygens (including phenoxy) is 2. The van der Waals surface area contributed by atoms with Crippen LogP contribution in [0.5, 0.6) is 11.5 Å². The van der Waals surface area contributed by atoms with Crippen LogP contribution in [0.4, 0.5) is 0 Å². The number of unbranched alkanes of at least 4 members (excludes halogenated alkanes) is 2. The van der Waals surface area contributed by atoms with Crippen LogP contribution in [0.2, 0.25) is 18.6 Å². The fourth-order valence-electron chi connectivity index (χ4n) is 10.3. The van der Waals surface area contributed by atoms with Crippen LogP contribution < -0.4 is 9.47 Å². The second kappa shape index (κ2) is 11.7. The van der Waals surface area contributed by atoms with Crippen LogP contribution in [-0.4, -0.2) is 57.9 Å². The highest BCUT2D eigenvalue weighted by molar-refractivity contribution is 6.76. The highest BCUT2D eigenvalue weighted by Gasteiger charge is 2.56. The maximum atomic E-state index is 6.19. The molecule has 0 spiro atoms. The molecule has 2 saturated carbocycles. The Morgan fingerprint density at radius 1 is 0.857 bits per heavy atom. The molecule has 0 aromatic heterocycles. The molecular weight excluding hydrogens is 533 g/mol. The van der Waals surface area contributed by atoms with Gasteiger partial charge in [-0.15, -0.1) is 0 Å². The van der Waals surface area contributed by atoms with E-state index in [0.29, 0.717) is 25.0 Å². The van der Waals surface area contributed by atoms with E-state index in [0.717, 1.165) is 27.7 Å². The van der Waals surface area contributed by atoms with Crippen molar-refractivity contribution in [2.45, 2.75) is 127 Å². The van der Waals surface area contributed by atoms with Gasteiger partial charge in [0.05, 0.1) is 21.1 Å². The zero-order valence-corrected chi connectivity index (χ0v) is 28.9. The summed E-state index contributed by atoms with van der Waals surface area (Å²) in [5.74, 6) is 3.25. The summed E-state index contributed by atoms with van der Waals surface area (Å²) in [6, 6.07) is 5.51. The lowest BCUT2D eigenvalue weighted by Crippen LogP contribution is -2.69. The van der Waals surface area contributed by atoms with Gasteiger partial charge in [0.15, 0.2) is 19.7 Å². The van der Waals surface area contributed by atoms with Crippen molar-refractivity contribution in [3.05, 3.63) is 41.0 Å². The summed E-state index contributed by atoms with van der Waals surface area (Å²) in [4.78, 5) is 0. The number of hydrogen-bond donors (Lipinski definition) is 0. The summed E-state index contributed by atoms with van der Waals surface area (Å²) < 4.78 is 16.4. The average Bonchev–Trinajstić information content (AvgIpc) is 3.50. The van der Waals surface area contributed by atoms with Gasteiger partial charge in [0.1, 0.15) is 13.2 Å². The SMILES string of the molecule is CCCCC1(CCCC)C2=CC3C(C=C2c2cc4c(cc21)OCCO4)CCC3[Si](C)(C)N(C1CCCCC1)[N+](C)(C)C. The first kappa shape index (κ1) is 30.5. The minimum absolute atomic E-state index is 0.107. The van der Waals surface area contributed by atoms with Crippen molar-refractivity contribution in [1.29, 1.82) is 0 Å². The molecule has 1 heterocycles. The Hall–Kier alpha value is -1.56. The molecule has 4 aliphatic carbocycles. The van der Waals surface area contributed by atoms with Gasteiger partial charge in [-0.1, -0.05) is 90.5 Å². The van der Waals surface area contributed by atoms with E-state index >= 15 is 0 Å². The van der Waals surface area contributed by atoms with Crippen LogP contribution in [-0.2, 0) is 5.41 Å². The van der Waals surface area contributed by atoms with Crippen LogP contribution >= 0.6 is 0 Å². The maximum absolute atomic E-state index is 6.19. The van der Waals surface area contributed by atoms with Gasteiger partial charge in [-0.2, -0.15) is 4.67 Å². The van der Waals surface area contributed by atoms with E-state index in [2.05, 4.69) is 77.0 Å². The Morgan fingerprint density at radius 3 is 2.12 bits per heavy atom. The Labute approximate surface area is 258 Å². The molecule has 42 heavy (non-hydrogen) atoms. The lowest BCUT2D eigenvalue weighted by atomic mass is 9.68. The van der Waals surface area contributed by atoms with Crippen LogP contribution in [0.15, 0.2) is 29.9 Å². The molecule has 0 amide bonds. The third kappa shape index (κ3) is 5.13. The molecule has 0 radical (unpaired) electrons. The second-order valence-electron chi connectivity index (χ2n) is 15.6. The van der Waals surface area contributed by atoms with Gasteiger partial charge in [-0.05, 0) is 83.9 Å². The molecule has 3 atom stereocenters. The smallest absolute Gasteiger partial charge is 0.190 e. The molecule has 0 bridgehead atoms. The van der Waals surface area contributed by atoms with Crippen molar-refractivity contribution in [2.75, 3.05) is 34.4 Å². The van der Waals surface area contributed by atoms with Crippen molar-refractivity contribution in [3.63, 3.8) is 0 Å². The highest BCUT2D eigenvalue weighted by atomic mass is 28.3. The normalized spacial score (nSPS) is 26.9. The number of benzene rings is 1. The second-order valence-corrected chi connectivity index (χ2v) is 20.2. The molecule has 1 aliphatic heterocycles. The standard InChI is InChI=1S/C37H59N2O2Si/c1-8-10-19-37(20-11-9-2)32-24-29-27(23-30(32)31-25-34-35(26-33(31)37)41-22-21-40-34)17-18-36(29)42(6,7)38(39(3,4)5)28-15-13-12-14-16-28/h23-29,36H,8-22H2,1-7H3/q+1. The van der Waals surface area contributed by atoms with Crippen LogP contribution in [0.1, 0.15) is 108 Å². The van der Waals surface area contributed by atoms with Gasteiger partial charge < -0.3 is 9.47 Å². The lowest BCUT2D eigenvalue weighted by molar-refractivity contribution is -0.975. The Morgan fingerprint density at radius 2 is 1.50 bits per heavy atom. The Balaban J connectivity index is 1.44. The molecule has 0 saturated heterocycles. The van der Waals surface area contributed by atoms with E-state index in [-0.39, 0.29) is 5.41 Å². The zero-order valence-electron chi connectivity index (χ0n) is 27.9. The fourth-order valence-corrected chi connectivity index (χ4v) is 15.5. The van der Waals surface area contributed by atoms with E-state index in [1.54, 1.807) is 11.1 Å². The summed E-state index contributed by atoms with van der Waals surface area (Å²) >= 11 is 0. The number of fused-ring (bicyclic) bond motifs is 5. The molecule has 5 aliphatic rings. The summed E-state index contributed by atoms with van der Waals surface area (Å²) in [5, 5.41) is 0. The largest absolute Gasteiger partial charge is 0.486 e. The van der Waals surface area contributed by atoms with Crippen molar-refractivity contribution in [3.8, 4) is 11.5 Å². The molecule has 3 unspecified atom stereocenters. The molecule has 0 N–H and O–H groups in total. The predicted molar refractivity (Wildman–Crippen MR) is 178 cm³/mol. The zero-order chi connectivity index (χ0) is 29.7. The van der Waals surface area contributed by atoms with Crippen LogP contribution in [0, 0.1) is 11.8 Å². The highest BCUT2D eigenvalue weighted by Crippen LogP contribution is 2.63. The topological polar surface area (TPSA) is 21.7 Å². The molecule has 2 fully saturated rings. The van der Waals surface area contributed by atoms with Crippen molar-refractivity contribution < 1.29 is 14.1 Å². The van der Waals surface area contributed by atoms with Crippen molar-refractivity contribution in [1.82, 2.24) is 4.67 Å². The Kier molecular flexibility index (Phi) is 8.52. The van der Waals surface area contributed by atoms with Gasteiger partial charge in [-0.3, -0.25) is 4.59 Å². The van der Waals surface area contributed by atoms with Crippen LogP contribution in [0.3, 0.4) is 0 Å². The van der Waals surface area contributed by atoms with Gasteiger partial charge in [0.2, 0.25) is 0 Å². The minimum atomic E-state index is -1.78. The fraction of sp³-hybridized carbons (Fsp3) is 0.730. The summed E-state index contributed by atoms with van der Waals surface area (Å²) in [6.07, 6.45) is 22.9. The maximum Gasteiger partial charge on any atom is 0.190 e. The third-order valence-corrected chi connectivity index (χ3v) is 16.4. The monoisotopic (exact) mass is 591 g/mol. The third-order valence-electron chi connectivity index (χ3n) is 11.8. The van der Waals surface area contributed by atoms with E-state index < -0.39 is 8.24 Å². The lowest BCUT2D eigenvalue weighted by Gasteiger charge is -2.53. The molecule has 6 rings (SSSR count). The number of hydrogen-bond acceptors (Lipinski definition) is 3. The molecule has 1 aromatic rings. The van der Waals surface area contributed by atoms with Crippen molar-refractivity contribution in [2.24, 2.45) is 11.8 Å². The van der Waals surface area contributed by atoms with E-state index in [1.807, 2.05) is 0 Å². The quantitative estimate of drug-likeness (QED) is 0.154. The van der Waals surface area contributed by atoms with Gasteiger partial charge in [0, 0.05) is 11.5 Å². The van der Waals surface area contributed by atoms with Crippen molar-refractivity contribution >= 4 is 13.8 Å². The number of quaternary nitrogens is 1. The Bertz CT molecular complexity index is 1200. The molecule has 5 heteroatoms. The van der Waals surface area contributed by atoms with Crippen LogP contribution in [0.25, 0.3) is 5.57 Å². The summed E-state index contributed by atoms with van der Waals surface area (Å²) in [5.41, 5.74) is 7.11. The number of nitrogens with zero attached hydrogens (tertiary/aromatic N) is 2. The molecular formula is C37H59N2O2Si+. The van der Waals surface area contributed by atoms with Gasteiger partial charge in [-0.25, -0.2) is 0 Å². The molecule has 232 valence electrons. The average molecular weight is 592 g/mol. The van der Waals surface area contributed by atoms with E-state index in [4.69, 9.17) is 9.47 Å². The number of rotatable bonds is 10. The minimum Gasteiger partial charge on any atom is -0.486 e. The predicted octanol–water partition coefficient (Wildman–Crippen LogP) is 9.27. The molecule has 4 nitrogen and oxygen atoms in total. The first-order chi connectivity index (χ1) is 20.1. The van der Waals surface area contributed by atoms with Gasteiger partial charge in [0.25, 0.3) is 0 Å². The first-order valence-electron chi connectivity index (χ1n) is 17.6. The van der Waals surface area contributed by atoms with E-state index in [1.165, 1.54) is 94.6 Å². The molecule has 1 aromatic carbocycles. The first-order valence-corrected chi connectivity index (χ1v) is 20.6. The number of allylic oxidation sites excluding steroid dienone is 4. The summed E-state index contributed by atoms with van der Waals surface area (Å²) in [7, 11) is 5.57.